The van der Waals surface area contributed by atoms with E-state index in [9.17, 15) is 9.59 Å². The average molecular weight is 338 g/mol. The highest BCUT2D eigenvalue weighted by atomic mass is 35.5. The van der Waals surface area contributed by atoms with Crippen molar-refractivity contribution in [3.63, 3.8) is 0 Å². The Morgan fingerprint density at radius 2 is 2.04 bits per heavy atom. The number of carbonyl (C=O) groups is 2. The summed E-state index contributed by atoms with van der Waals surface area (Å²) in [5.74, 6) is 0.482. The van der Waals surface area contributed by atoms with Crippen LogP contribution in [-0.4, -0.2) is 36.5 Å². The zero-order valence-corrected chi connectivity index (χ0v) is 14.2. The second kappa shape index (κ2) is 8.77. The zero-order valence-electron chi connectivity index (χ0n) is 13.5. The highest BCUT2D eigenvalue weighted by Crippen LogP contribution is 2.22. The van der Waals surface area contributed by atoms with Crippen LogP contribution in [0, 0.1) is 5.92 Å². The Labute approximate surface area is 142 Å². The summed E-state index contributed by atoms with van der Waals surface area (Å²) in [6.07, 6.45) is 3.24. The number of hydrogen-bond acceptors (Lipinski definition) is 2. The third kappa shape index (κ3) is 5.75. The first-order valence-corrected chi connectivity index (χ1v) is 8.54. The Bertz CT molecular complexity index is 542. The maximum absolute atomic E-state index is 12.2. The summed E-state index contributed by atoms with van der Waals surface area (Å²) in [4.78, 5) is 25.8. The number of rotatable bonds is 5. The van der Waals surface area contributed by atoms with E-state index in [1.54, 1.807) is 23.1 Å². The van der Waals surface area contributed by atoms with Crippen LogP contribution < -0.4 is 10.6 Å². The van der Waals surface area contributed by atoms with Crippen LogP contribution in [0.1, 0.15) is 32.6 Å². The molecular weight excluding hydrogens is 314 g/mol. The molecule has 0 unspecified atom stereocenters. The molecule has 126 valence electrons. The van der Waals surface area contributed by atoms with Gasteiger partial charge in [-0.2, -0.15) is 0 Å². The third-order valence-electron chi connectivity index (χ3n) is 4.02. The molecule has 2 N–H and O–H groups in total. The lowest BCUT2D eigenvalue weighted by molar-refractivity contribution is -0.122. The van der Waals surface area contributed by atoms with Gasteiger partial charge in [-0.15, -0.1) is 0 Å². The molecule has 0 saturated carbocycles. The molecule has 0 atom stereocenters. The first-order valence-electron chi connectivity index (χ1n) is 8.16. The van der Waals surface area contributed by atoms with Crippen molar-refractivity contribution < 1.29 is 9.59 Å². The van der Waals surface area contributed by atoms with Gasteiger partial charge in [0.25, 0.3) is 0 Å². The van der Waals surface area contributed by atoms with Gasteiger partial charge < -0.3 is 15.5 Å². The van der Waals surface area contributed by atoms with Crippen LogP contribution in [0.5, 0.6) is 0 Å². The van der Waals surface area contributed by atoms with Crippen LogP contribution >= 0.6 is 11.6 Å². The predicted molar refractivity (Wildman–Crippen MR) is 92.7 cm³/mol. The van der Waals surface area contributed by atoms with Gasteiger partial charge in [-0.05, 0) is 43.4 Å². The van der Waals surface area contributed by atoms with Gasteiger partial charge in [0.2, 0.25) is 5.91 Å². The van der Waals surface area contributed by atoms with E-state index in [-0.39, 0.29) is 11.9 Å². The average Bonchev–Trinajstić information content (AvgIpc) is 2.53. The van der Waals surface area contributed by atoms with Gasteiger partial charge in [-0.25, -0.2) is 4.79 Å². The van der Waals surface area contributed by atoms with E-state index in [0.717, 1.165) is 25.8 Å². The molecule has 1 heterocycles. The fourth-order valence-electron chi connectivity index (χ4n) is 2.71. The number of halogens is 1. The quantitative estimate of drug-likeness (QED) is 0.863. The highest BCUT2D eigenvalue weighted by Gasteiger charge is 2.24. The molecule has 1 aliphatic rings. The fraction of sp³-hybridized carbons (Fsp3) is 0.529. The largest absolute Gasteiger partial charge is 0.356 e. The van der Waals surface area contributed by atoms with Crippen LogP contribution in [0.4, 0.5) is 10.5 Å². The standard InChI is InChI=1S/C17H24ClN3O2/c1-2-8-19-16(22)11-13-6-9-21(10-7-13)17(23)20-15-5-3-4-14(18)12-15/h3-5,12-13H,2,6-11H2,1H3,(H,19,22)(H,20,23). The van der Waals surface area contributed by atoms with Crippen LogP contribution in [0.15, 0.2) is 24.3 Å². The van der Waals surface area contributed by atoms with Crippen molar-refractivity contribution in [2.75, 3.05) is 25.0 Å². The van der Waals surface area contributed by atoms with Crippen molar-refractivity contribution >= 4 is 29.2 Å². The molecule has 3 amide bonds. The molecule has 0 spiro atoms. The maximum atomic E-state index is 12.2. The first kappa shape index (κ1) is 17.6. The second-order valence-corrected chi connectivity index (χ2v) is 6.36. The summed E-state index contributed by atoms with van der Waals surface area (Å²) in [5, 5.41) is 6.36. The Morgan fingerprint density at radius 3 is 2.70 bits per heavy atom. The van der Waals surface area contributed by atoms with Crippen molar-refractivity contribution in [1.29, 1.82) is 0 Å². The van der Waals surface area contributed by atoms with E-state index in [2.05, 4.69) is 10.6 Å². The molecular formula is C17H24ClN3O2. The topological polar surface area (TPSA) is 61.4 Å². The van der Waals surface area contributed by atoms with E-state index in [4.69, 9.17) is 11.6 Å². The third-order valence-corrected chi connectivity index (χ3v) is 4.26. The second-order valence-electron chi connectivity index (χ2n) is 5.93. The minimum atomic E-state index is -0.110. The lowest BCUT2D eigenvalue weighted by Gasteiger charge is -2.31. The fourth-order valence-corrected chi connectivity index (χ4v) is 2.90. The number of likely N-dealkylation sites (tertiary alicyclic amines) is 1. The van der Waals surface area contributed by atoms with Gasteiger partial charge in [0.05, 0.1) is 0 Å². The van der Waals surface area contributed by atoms with E-state index in [1.807, 2.05) is 13.0 Å². The number of amides is 3. The zero-order chi connectivity index (χ0) is 16.7. The number of urea groups is 1. The smallest absolute Gasteiger partial charge is 0.321 e. The summed E-state index contributed by atoms with van der Waals surface area (Å²) in [5.41, 5.74) is 0.698. The first-order chi connectivity index (χ1) is 11.1. The minimum absolute atomic E-state index is 0.110. The lowest BCUT2D eigenvalue weighted by Crippen LogP contribution is -2.41. The van der Waals surface area contributed by atoms with E-state index < -0.39 is 0 Å². The Morgan fingerprint density at radius 1 is 1.30 bits per heavy atom. The number of piperidine rings is 1. The Balaban J connectivity index is 1.75. The number of hydrogen-bond donors (Lipinski definition) is 2. The van der Waals surface area contributed by atoms with E-state index in [0.29, 0.717) is 36.1 Å². The lowest BCUT2D eigenvalue weighted by atomic mass is 9.93. The molecule has 0 bridgehead atoms. The number of nitrogens with zero attached hydrogens (tertiary/aromatic N) is 1. The molecule has 1 saturated heterocycles. The van der Waals surface area contributed by atoms with Crippen LogP contribution in [0.2, 0.25) is 5.02 Å². The SMILES string of the molecule is CCCNC(=O)CC1CCN(C(=O)Nc2cccc(Cl)c2)CC1. The van der Waals surface area contributed by atoms with Gasteiger partial charge in [-0.3, -0.25) is 4.79 Å². The monoisotopic (exact) mass is 337 g/mol. The minimum Gasteiger partial charge on any atom is -0.356 e. The predicted octanol–water partition coefficient (Wildman–Crippen LogP) is 3.50. The summed E-state index contributed by atoms with van der Waals surface area (Å²) < 4.78 is 0. The van der Waals surface area contributed by atoms with E-state index in [1.165, 1.54) is 0 Å². The normalized spacial score (nSPS) is 15.3. The Kier molecular flexibility index (Phi) is 6.71. The molecule has 23 heavy (non-hydrogen) atoms. The summed E-state index contributed by atoms with van der Waals surface area (Å²) in [6.45, 7) is 4.13. The molecule has 0 aromatic heterocycles. The summed E-state index contributed by atoms with van der Waals surface area (Å²) in [6, 6.07) is 7.01. The van der Waals surface area contributed by atoms with E-state index >= 15 is 0 Å². The molecule has 6 heteroatoms. The molecule has 1 aromatic rings. The van der Waals surface area contributed by atoms with Crippen molar-refractivity contribution in [1.82, 2.24) is 10.2 Å². The number of anilines is 1. The van der Waals surface area contributed by atoms with Gasteiger partial charge in [0, 0.05) is 36.8 Å². The maximum Gasteiger partial charge on any atom is 0.321 e. The molecule has 0 radical (unpaired) electrons. The number of carbonyl (C=O) groups excluding carboxylic acids is 2. The van der Waals surface area contributed by atoms with Gasteiger partial charge >= 0.3 is 6.03 Å². The molecule has 1 aromatic carbocycles. The molecule has 1 fully saturated rings. The van der Waals surface area contributed by atoms with Crippen LogP contribution in [0.3, 0.4) is 0 Å². The van der Waals surface area contributed by atoms with Crippen molar-refractivity contribution in [2.24, 2.45) is 5.92 Å². The highest BCUT2D eigenvalue weighted by molar-refractivity contribution is 6.30. The molecule has 5 nitrogen and oxygen atoms in total. The Hall–Kier alpha value is -1.75. The van der Waals surface area contributed by atoms with Gasteiger partial charge in [0.1, 0.15) is 0 Å². The van der Waals surface area contributed by atoms with Crippen molar-refractivity contribution in [3.8, 4) is 0 Å². The number of nitrogens with one attached hydrogen (secondary N) is 2. The van der Waals surface area contributed by atoms with Crippen molar-refractivity contribution in [2.45, 2.75) is 32.6 Å². The molecule has 2 rings (SSSR count). The number of benzene rings is 1. The molecule has 1 aliphatic heterocycles. The van der Waals surface area contributed by atoms with Gasteiger partial charge in [0.15, 0.2) is 0 Å². The van der Waals surface area contributed by atoms with Gasteiger partial charge in [-0.1, -0.05) is 24.6 Å². The summed E-state index contributed by atoms with van der Waals surface area (Å²) in [7, 11) is 0. The van der Waals surface area contributed by atoms with Crippen LogP contribution in [-0.2, 0) is 4.79 Å². The van der Waals surface area contributed by atoms with Crippen molar-refractivity contribution in [3.05, 3.63) is 29.3 Å². The molecule has 0 aliphatic carbocycles. The van der Waals surface area contributed by atoms with Crippen LogP contribution in [0.25, 0.3) is 0 Å². The summed E-state index contributed by atoms with van der Waals surface area (Å²) >= 11 is 5.92.